The van der Waals surface area contributed by atoms with Crippen LogP contribution in [0.1, 0.15) is 11.3 Å². The third-order valence-corrected chi connectivity index (χ3v) is 3.88. The van der Waals surface area contributed by atoms with Crippen molar-refractivity contribution in [3.8, 4) is 0 Å². The molecule has 1 aromatic heterocycles. The summed E-state index contributed by atoms with van der Waals surface area (Å²) in [7, 11) is 0. The van der Waals surface area contributed by atoms with Crippen molar-refractivity contribution >= 4 is 11.8 Å². The molecule has 9 heteroatoms. The second-order valence-electron chi connectivity index (χ2n) is 4.41. The molecular formula is C14H20F3NO4S. The second-order valence-corrected chi connectivity index (χ2v) is 5.54. The Balaban J connectivity index is 2.02. The van der Waals surface area contributed by atoms with Crippen molar-refractivity contribution in [2.24, 2.45) is 0 Å². The molecule has 0 bridgehead atoms. The van der Waals surface area contributed by atoms with Crippen LogP contribution in [-0.2, 0) is 20.8 Å². The molecule has 1 aromatic rings. The molecule has 5 nitrogen and oxygen atoms in total. The van der Waals surface area contributed by atoms with Gasteiger partial charge in [-0.2, -0.15) is 0 Å². The highest BCUT2D eigenvalue weighted by molar-refractivity contribution is 7.99. The zero-order valence-corrected chi connectivity index (χ0v) is 13.6. The van der Waals surface area contributed by atoms with Crippen LogP contribution < -0.4 is 0 Å². The average molecular weight is 355 g/mol. The Labute approximate surface area is 137 Å². The minimum Gasteiger partial charge on any atom is -0.390 e. The van der Waals surface area contributed by atoms with Crippen LogP contribution in [0.3, 0.4) is 0 Å². The van der Waals surface area contributed by atoms with Gasteiger partial charge in [0.15, 0.2) is 0 Å². The zero-order valence-electron chi connectivity index (χ0n) is 12.8. The fourth-order valence-corrected chi connectivity index (χ4v) is 2.54. The summed E-state index contributed by atoms with van der Waals surface area (Å²) in [6.07, 6.45) is -2.96. The first-order chi connectivity index (χ1) is 10.9. The van der Waals surface area contributed by atoms with Gasteiger partial charge in [0.05, 0.1) is 45.3 Å². The Hall–Kier alpha value is -0.870. The smallest absolute Gasteiger partial charge is 0.390 e. The van der Waals surface area contributed by atoms with Crippen LogP contribution in [0.5, 0.6) is 0 Å². The van der Waals surface area contributed by atoms with Gasteiger partial charge in [0.25, 0.3) is 0 Å². The maximum absolute atomic E-state index is 11.7. The normalized spacial score (nSPS) is 11.9. The van der Waals surface area contributed by atoms with Gasteiger partial charge >= 0.3 is 6.36 Å². The maximum atomic E-state index is 11.7. The van der Waals surface area contributed by atoms with Crippen LogP contribution in [0.25, 0.3) is 0 Å². The van der Waals surface area contributed by atoms with Gasteiger partial charge in [-0.3, -0.25) is 9.72 Å². The highest BCUT2D eigenvalue weighted by Gasteiger charge is 2.28. The molecule has 0 saturated carbocycles. The molecule has 0 aliphatic heterocycles. The number of thioether (sulfide) groups is 1. The summed E-state index contributed by atoms with van der Waals surface area (Å²) in [5.41, 5.74) is 1.61. The summed E-state index contributed by atoms with van der Waals surface area (Å²) in [6, 6.07) is 1.88. The van der Waals surface area contributed by atoms with E-state index in [2.05, 4.69) is 9.72 Å². The number of aliphatic hydroxyl groups is 1. The van der Waals surface area contributed by atoms with Crippen molar-refractivity contribution in [2.45, 2.75) is 24.8 Å². The van der Waals surface area contributed by atoms with Crippen molar-refractivity contribution in [1.82, 2.24) is 4.98 Å². The molecule has 23 heavy (non-hydrogen) atoms. The first kappa shape index (κ1) is 20.2. The van der Waals surface area contributed by atoms with Gasteiger partial charge in [0.1, 0.15) is 0 Å². The molecule has 0 radical (unpaired) electrons. The van der Waals surface area contributed by atoms with Crippen molar-refractivity contribution < 1.29 is 32.5 Å². The largest absolute Gasteiger partial charge is 0.522 e. The predicted octanol–water partition coefficient (Wildman–Crippen LogP) is 2.54. The third-order valence-electron chi connectivity index (χ3n) is 2.76. The second kappa shape index (κ2) is 10.8. The molecule has 1 heterocycles. The SMILES string of the molecule is Cc1c(SCCOCCOCCOC(F)(F)F)ccnc1CO. The number of aromatic nitrogens is 1. The van der Waals surface area contributed by atoms with E-state index in [1.165, 1.54) is 0 Å². The Kier molecular flexibility index (Phi) is 9.49. The minimum atomic E-state index is -4.61. The van der Waals surface area contributed by atoms with E-state index in [4.69, 9.17) is 14.6 Å². The van der Waals surface area contributed by atoms with E-state index in [-0.39, 0.29) is 19.8 Å². The Morgan fingerprint density at radius 3 is 2.43 bits per heavy atom. The number of pyridine rings is 1. The average Bonchev–Trinajstić information content (AvgIpc) is 2.49. The van der Waals surface area contributed by atoms with Gasteiger partial charge < -0.3 is 14.6 Å². The maximum Gasteiger partial charge on any atom is 0.522 e. The van der Waals surface area contributed by atoms with Crippen molar-refractivity contribution in [3.63, 3.8) is 0 Å². The number of aliphatic hydroxyl groups excluding tert-OH is 1. The number of alkyl halides is 3. The topological polar surface area (TPSA) is 60.8 Å². The number of rotatable bonds is 11. The van der Waals surface area contributed by atoms with Crippen LogP contribution in [-0.4, -0.2) is 55.2 Å². The number of hydrogen-bond acceptors (Lipinski definition) is 6. The van der Waals surface area contributed by atoms with Crippen LogP contribution in [0.4, 0.5) is 13.2 Å². The highest BCUT2D eigenvalue weighted by atomic mass is 32.2. The lowest BCUT2D eigenvalue weighted by Crippen LogP contribution is -2.18. The Morgan fingerprint density at radius 2 is 1.78 bits per heavy atom. The molecule has 0 atom stereocenters. The lowest BCUT2D eigenvalue weighted by molar-refractivity contribution is -0.327. The number of nitrogens with zero attached hydrogens (tertiary/aromatic N) is 1. The Morgan fingerprint density at radius 1 is 1.13 bits per heavy atom. The number of halogens is 3. The quantitative estimate of drug-likeness (QED) is 0.486. The van der Waals surface area contributed by atoms with E-state index in [0.29, 0.717) is 24.7 Å². The van der Waals surface area contributed by atoms with E-state index in [9.17, 15) is 13.2 Å². The van der Waals surface area contributed by atoms with Crippen LogP contribution in [0, 0.1) is 6.92 Å². The van der Waals surface area contributed by atoms with Gasteiger partial charge in [0.2, 0.25) is 0 Å². The Bertz CT molecular complexity index is 460. The fourth-order valence-electron chi connectivity index (χ4n) is 1.62. The zero-order chi connectivity index (χ0) is 17.1. The summed E-state index contributed by atoms with van der Waals surface area (Å²) < 4.78 is 48.8. The van der Waals surface area contributed by atoms with Gasteiger partial charge in [-0.25, -0.2) is 0 Å². The number of ether oxygens (including phenoxy) is 3. The van der Waals surface area contributed by atoms with Crippen LogP contribution in [0.2, 0.25) is 0 Å². The highest BCUT2D eigenvalue weighted by Crippen LogP contribution is 2.23. The molecular weight excluding hydrogens is 335 g/mol. The van der Waals surface area contributed by atoms with Gasteiger partial charge in [-0.1, -0.05) is 0 Å². The molecule has 0 unspecified atom stereocenters. The molecule has 0 aliphatic carbocycles. The van der Waals surface area contributed by atoms with E-state index < -0.39 is 13.0 Å². The van der Waals surface area contributed by atoms with Crippen LogP contribution >= 0.6 is 11.8 Å². The van der Waals surface area contributed by atoms with Crippen molar-refractivity contribution in [2.75, 3.05) is 38.8 Å². The lowest BCUT2D eigenvalue weighted by atomic mass is 10.2. The summed E-state index contributed by atoms with van der Waals surface area (Å²) in [6.45, 7) is 2.18. The molecule has 0 aromatic carbocycles. The van der Waals surface area contributed by atoms with E-state index >= 15 is 0 Å². The van der Waals surface area contributed by atoms with E-state index in [1.807, 2.05) is 13.0 Å². The summed E-state index contributed by atoms with van der Waals surface area (Å²) in [4.78, 5) is 5.11. The summed E-state index contributed by atoms with van der Waals surface area (Å²) in [5, 5.41) is 9.14. The van der Waals surface area contributed by atoms with E-state index in [1.54, 1.807) is 18.0 Å². The van der Waals surface area contributed by atoms with Gasteiger partial charge in [-0.05, 0) is 18.6 Å². The minimum absolute atomic E-state index is 0.0911. The first-order valence-corrected chi connectivity index (χ1v) is 7.97. The third kappa shape index (κ3) is 9.11. The van der Waals surface area contributed by atoms with Crippen LogP contribution in [0.15, 0.2) is 17.2 Å². The molecule has 132 valence electrons. The molecule has 0 saturated heterocycles. The standard InChI is InChI=1S/C14H20F3NO4S/c1-11-12(10-19)18-3-2-13(11)23-9-8-21-5-4-20-6-7-22-14(15,16)17/h2-3,19H,4-10H2,1H3. The van der Waals surface area contributed by atoms with Crippen molar-refractivity contribution in [3.05, 3.63) is 23.5 Å². The monoisotopic (exact) mass is 355 g/mol. The van der Waals surface area contributed by atoms with Gasteiger partial charge in [0, 0.05) is 16.8 Å². The van der Waals surface area contributed by atoms with Crippen molar-refractivity contribution in [1.29, 1.82) is 0 Å². The lowest BCUT2D eigenvalue weighted by Gasteiger charge is -2.09. The molecule has 0 aliphatic rings. The number of hydrogen-bond donors (Lipinski definition) is 1. The molecule has 0 spiro atoms. The molecule has 1 N–H and O–H groups in total. The first-order valence-electron chi connectivity index (χ1n) is 6.98. The summed E-state index contributed by atoms with van der Waals surface area (Å²) in [5.74, 6) is 0.715. The predicted molar refractivity (Wildman–Crippen MR) is 79.3 cm³/mol. The molecule has 0 amide bonds. The fraction of sp³-hybridized carbons (Fsp3) is 0.643. The molecule has 1 rings (SSSR count). The van der Waals surface area contributed by atoms with E-state index in [0.717, 1.165) is 10.5 Å². The van der Waals surface area contributed by atoms with Gasteiger partial charge in [-0.15, -0.1) is 24.9 Å². The molecule has 0 fully saturated rings. The summed E-state index contributed by atoms with van der Waals surface area (Å²) >= 11 is 1.59.